The lowest BCUT2D eigenvalue weighted by Gasteiger charge is -2.08. The van der Waals surface area contributed by atoms with Crippen molar-refractivity contribution in [2.45, 2.75) is 33.2 Å². The van der Waals surface area contributed by atoms with Crippen LogP contribution in [0, 0.1) is 13.8 Å². The maximum absolute atomic E-state index is 12.0. The minimum absolute atomic E-state index is 0.00787. The van der Waals surface area contributed by atoms with Crippen molar-refractivity contribution in [3.05, 3.63) is 52.0 Å². The molecule has 0 unspecified atom stereocenters. The highest BCUT2D eigenvalue weighted by molar-refractivity contribution is 7.14. The number of esters is 1. The number of carbonyl (C=O) groups excluding carboxylic acids is 2. The van der Waals surface area contributed by atoms with E-state index in [1.165, 1.54) is 11.3 Å². The number of hydrogen-bond acceptors (Lipinski definition) is 5. The van der Waals surface area contributed by atoms with Gasteiger partial charge in [0.15, 0.2) is 5.78 Å². The molecule has 130 valence electrons. The van der Waals surface area contributed by atoms with Gasteiger partial charge in [-0.2, -0.15) is 0 Å². The summed E-state index contributed by atoms with van der Waals surface area (Å²) in [7, 11) is 0. The van der Waals surface area contributed by atoms with Gasteiger partial charge in [-0.25, -0.2) is 4.98 Å². The van der Waals surface area contributed by atoms with E-state index in [-0.39, 0.29) is 31.2 Å². The predicted octanol–water partition coefficient (Wildman–Crippen LogP) is 3.92. The van der Waals surface area contributed by atoms with Gasteiger partial charge in [0.1, 0.15) is 12.4 Å². The molecule has 3 rings (SSSR count). The number of carbonyl (C=O) groups is 2. The predicted molar refractivity (Wildman–Crippen MR) is 98.0 cm³/mol. The van der Waals surface area contributed by atoms with E-state index in [1.54, 1.807) is 6.07 Å². The van der Waals surface area contributed by atoms with Crippen LogP contribution >= 0.6 is 11.3 Å². The van der Waals surface area contributed by atoms with Gasteiger partial charge < -0.3 is 9.30 Å². The average Bonchev–Trinajstić information content (AvgIpc) is 3.16. The van der Waals surface area contributed by atoms with E-state index < -0.39 is 0 Å². The lowest BCUT2D eigenvalue weighted by atomic mass is 10.2. The second kappa shape index (κ2) is 7.61. The molecule has 0 N–H and O–H groups in total. The summed E-state index contributed by atoms with van der Waals surface area (Å²) in [5.74, 6) is 0.538. The number of ketones is 1. The number of hydrogen-bond donors (Lipinski definition) is 0. The Balaban J connectivity index is 1.48. The van der Waals surface area contributed by atoms with Crippen LogP contribution in [-0.4, -0.2) is 27.9 Å². The van der Waals surface area contributed by atoms with Gasteiger partial charge in [-0.1, -0.05) is 12.1 Å². The number of fused-ring (bicyclic) bond motifs is 1. The molecule has 0 saturated carbocycles. The number of rotatable bonds is 7. The zero-order chi connectivity index (χ0) is 17.8. The van der Waals surface area contributed by atoms with Crippen molar-refractivity contribution in [2.75, 3.05) is 6.61 Å². The first-order chi connectivity index (χ1) is 12.0. The standard InChI is InChI=1S/C19H20N2O3S/c1-13-7-9-18(25-13)17(22)8-10-19(23)24-12-11-21-14(2)20-15-5-3-4-6-16(15)21/h3-7,9H,8,10-12H2,1-2H3. The Morgan fingerprint density at radius 1 is 1.12 bits per heavy atom. The maximum Gasteiger partial charge on any atom is 0.306 e. The molecule has 0 fully saturated rings. The van der Waals surface area contributed by atoms with Crippen molar-refractivity contribution >= 4 is 34.1 Å². The molecule has 0 saturated heterocycles. The Morgan fingerprint density at radius 2 is 1.92 bits per heavy atom. The zero-order valence-electron chi connectivity index (χ0n) is 14.3. The van der Waals surface area contributed by atoms with Crippen molar-refractivity contribution in [3.63, 3.8) is 0 Å². The molecular weight excluding hydrogens is 336 g/mol. The van der Waals surface area contributed by atoms with E-state index in [2.05, 4.69) is 4.98 Å². The fraction of sp³-hybridized carbons (Fsp3) is 0.316. The molecular formula is C19H20N2O3S. The maximum atomic E-state index is 12.0. The molecule has 3 aromatic rings. The molecule has 0 amide bonds. The number of aromatic nitrogens is 2. The van der Waals surface area contributed by atoms with Crippen LogP contribution in [0.15, 0.2) is 36.4 Å². The summed E-state index contributed by atoms with van der Waals surface area (Å²) < 4.78 is 7.30. The smallest absolute Gasteiger partial charge is 0.306 e. The summed E-state index contributed by atoms with van der Waals surface area (Å²) in [6.07, 6.45) is 0.297. The fourth-order valence-corrected chi connectivity index (χ4v) is 3.56. The molecule has 2 heterocycles. The zero-order valence-corrected chi connectivity index (χ0v) is 15.1. The Hall–Kier alpha value is -2.47. The van der Waals surface area contributed by atoms with Gasteiger partial charge in [-0.05, 0) is 38.1 Å². The van der Waals surface area contributed by atoms with Crippen LogP contribution in [0.3, 0.4) is 0 Å². The monoisotopic (exact) mass is 356 g/mol. The summed E-state index contributed by atoms with van der Waals surface area (Å²) in [5, 5.41) is 0. The highest BCUT2D eigenvalue weighted by atomic mass is 32.1. The number of nitrogens with zero attached hydrogens (tertiary/aromatic N) is 2. The normalized spacial score (nSPS) is 11.0. The summed E-state index contributed by atoms with van der Waals surface area (Å²) in [5.41, 5.74) is 1.96. The summed E-state index contributed by atoms with van der Waals surface area (Å²) in [6, 6.07) is 11.6. The van der Waals surface area contributed by atoms with Crippen LogP contribution in [0.1, 0.15) is 33.2 Å². The number of imidazole rings is 1. The molecule has 0 atom stereocenters. The van der Waals surface area contributed by atoms with Crippen LogP contribution in [0.2, 0.25) is 0 Å². The average molecular weight is 356 g/mol. The Morgan fingerprint density at radius 3 is 2.68 bits per heavy atom. The molecule has 0 aliphatic heterocycles. The number of benzene rings is 1. The quantitative estimate of drug-likeness (QED) is 0.475. The molecule has 5 nitrogen and oxygen atoms in total. The fourth-order valence-electron chi connectivity index (χ4n) is 2.72. The minimum atomic E-state index is -0.344. The first-order valence-corrected chi connectivity index (χ1v) is 9.03. The van der Waals surface area contributed by atoms with Gasteiger partial charge in [0.2, 0.25) is 0 Å². The molecule has 0 spiro atoms. The Kier molecular flexibility index (Phi) is 5.28. The van der Waals surface area contributed by atoms with Gasteiger partial charge >= 0.3 is 5.97 Å². The molecule has 25 heavy (non-hydrogen) atoms. The van der Waals surface area contributed by atoms with Gasteiger partial charge in [-0.15, -0.1) is 11.3 Å². The van der Waals surface area contributed by atoms with Gasteiger partial charge in [0.05, 0.1) is 28.9 Å². The number of ether oxygens (including phenoxy) is 1. The lowest BCUT2D eigenvalue weighted by molar-refractivity contribution is -0.143. The first kappa shape index (κ1) is 17.4. The van der Waals surface area contributed by atoms with Crippen molar-refractivity contribution in [1.82, 2.24) is 9.55 Å². The van der Waals surface area contributed by atoms with Crippen molar-refractivity contribution < 1.29 is 14.3 Å². The van der Waals surface area contributed by atoms with Crippen molar-refractivity contribution in [3.8, 4) is 0 Å². The third-order valence-corrected chi connectivity index (χ3v) is 5.04. The molecule has 0 aliphatic carbocycles. The lowest BCUT2D eigenvalue weighted by Crippen LogP contribution is -2.13. The van der Waals surface area contributed by atoms with Crippen LogP contribution in [0.4, 0.5) is 0 Å². The third kappa shape index (κ3) is 4.14. The van der Waals surface area contributed by atoms with E-state index in [1.807, 2.05) is 48.7 Å². The number of thiophene rings is 1. The van der Waals surface area contributed by atoms with E-state index in [9.17, 15) is 9.59 Å². The molecule has 2 aromatic heterocycles. The van der Waals surface area contributed by atoms with Crippen LogP contribution in [0.25, 0.3) is 11.0 Å². The van der Waals surface area contributed by atoms with E-state index in [0.717, 1.165) is 21.7 Å². The topological polar surface area (TPSA) is 61.2 Å². The molecule has 0 aliphatic rings. The molecule has 1 aromatic carbocycles. The summed E-state index contributed by atoms with van der Waals surface area (Å²) in [4.78, 5) is 30.1. The summed E-state index contributed by atoms with van der Waals surface area (Å²) in [6.45, 7) is 4.71. The van der Waals surface area contributed by atoms with E-state index in [0.29, 0.717) is 11.4 Å². The highest BCUT2D eigenvalue weighted by Crippen LogP contribution is 2.18. The van der Waals surface area contributed by atoms with Crippen LogP contribution in [0.5, 0.6) is 0 Å². The number of Topliss-reactive ketones (excluding diaryl/α,β-unsaturated/α-hetero) is 1. The molecule has 6 heteroatoms. The molecule has 0 bridgehead atoms. The van der Waals surface area contributed by atoms with Crippen molar-refractivity contribution in [1.29, 1.82) is 0 Å². The van der Waals surface area contributed by atoms with E-state index in [4.69, 9.17) is 4.74 Å². The Bertz CT molecular complexity index is 910. The SMILES string of the molecule is Cc1ccc(C(=O)CCC(=O)OCCn2c(C)nc3ccccc32)s1. The van der Waals surface area contributed by atoms with Crippen LogP contribution < -0.4 is 0 Å². The first-order valence-electron chi connectivity index (χ1n) is 8.22. The van der Waals surface area contributed by atoms with Gasteiger partial charge in [-0.3, -0.25) is 9.59 Å². The third-order valence-electron chi connectivity index (χ3n) is 3.99. The Labute approximate surface area is 150 Å². The minimum Gasteiger partial charge on any atom is -0.464 e. The highest BCUT2D eigenvalue weighted by Gasteiger charge is 2.12. The molecule has 0 radical (unpaired) electrons. The van der Waals surface area contributed by atoms with Crippen LogP contribution in [-0.2, 0) is 16.1 Å². The van der Waals surface area contributed by atoms with Crippen molar-refractivity contribution in [2.24, 2.45) is 0 Å². The second-order valence-electron chi connectivity index (χ2n) is 5.85. The largest absolute Gasteiger partial charge is 0.464 e. The summed E-state index contributed by atoms with van der Waals surface area (Å²) >= 11 is 1.45. The second-order valence-corrected chi connectivity index (χ2v) is 7.14. The number of aryl methyl sites for hydroxylation is 2. The van der Waals surface area contributed by atoms with Gasteiger partial charge in [0.25, 0.3) is 0 Å². The number of para-hydroxylation sites is 2. The van der Waals surface area contributed by atoms with Gasteiger partial charge in [0, 0.05) is 11.3 Å². The van der Waals surface area contributed by atoms with E-state index >= 15 is 0 Å².